The number of Topliss-reactive ketones (excluding diaryl/α,β-unsaturated/α-hetero) is 1. The summed E-state index contributed by atoms with van der Waals surface area (Å²) in [7, 11) is 3.05. The number of anilines is 2. The normalized spacial score (nSPS) is 11.5. The van der Waals surface area contributed by atoms with Crippen LogP contribution in [0.2, 0.25) is 0 Å². The van der Waals surface area contributed by atoms with E-state index in [2.05, 4.69) is 16.0 Å². The number of benzene rings is 5. The highest BCUT2D eigenvalue weighted by molar-refractivity contribution is 8.00. The van der Waals surface area contributed by atoms with Crippen LogP contribution in [-0.4, -0.2) is 37.7 Å². The fraction of sp³-hybridized carbons (Fsp3) is 0.100. The minimum atomic E-state index is -0.591. The standard InChI is InChI=1S/C40H35N3O6S/c1-26(44)27-14-17-31(18-15-27)42-40(47)37(28-10-6-4-7-11-28)50-34-22-19-32(20-23-34)41-39(46)35(43-38(45)29-12-8-5-9-13-29)24-30-16-21-33(48-2)25-36(30)49-3/h4-25,37H,1-3H3,(H,41,46)(H,42,47)(H,43,45)/b35-24-. The summed E-state index contributed by atoms with van der Waals surface area (Å²) in [4.78, 5) is 52.7. The van der Waals surface area contributed by atoms with Gasteiger partial charge in [-0.1, -0.05) is 48.5 Å². The molecule has 50 heavy (non-hydrogen) atoms. The summed E-state index contributed by atoms with van der Waals surface area (Å²) >= 11 is 1.35. The Balaban J connectivity index is 1.35. The molecule has 1 unspecified atom stereocenters. The second-order valence-corrected chi connectivity index (χ2v) is 12.2. The summed E-state index contributed by atoms with van der Waals surface area (Å²) in [6, 6.07) is 37.0. The number of carbonyl (C=O) groups excluding carboxylic acids is 4. The molecule has 0 radical (unpaired) electrons. The predicted octanol–water partition coefficient (Wildman–Crippen LogP) is 7.79. The van der Waals surface area contributed by atoms with Crippen molar-refractivity contribution in [2.24, 2.45) is 0 Å². The van der Waals surface area contributed by atoms with E-state index in [-0.39, 0.29) is 17.4 Å². The number of hydrogen-bond donors (Lipinski definition) is 3. The van der Waals surface area contributed by atoms with E-state index < -0.39 is 17.1 Å². The molecule has 9 nitrogen and oxygen atoms in total. The maximum atomic E-state index is 13.6. The average molecular weight is 686 g/mol. The maximum absolute atomic E-state index is 13.6. The number of ether oxygens (including phenoxy) is 2. The van der Waals surface area contributed by atoms with Gasteiger partial charge in [-0.15, -0.1) is 11.8 Å². The Labute approximate surface area is 294 Å². The van der Waals surface area contributed by atoms with E-state index >= 15 is 0 Å². The van der Waals surface area contributed by atoms with E-state index in [9.17, 15) is 19.2 Å². The van der Waals surface area contributed by atoms with E-state index in [0.29, 0.717) is 39.6 Å². The molecule has 5 aromatic carbocycles. The molecule has 1 atom stereocenters. The number of ketones is 1. The van der Waals surface area contributed by atoms with Crippen molar-refractivity contribution in [3.63, 3.8) is 0 Å². The fourth-order valence-electron chi connectivity index (χ4n) is 4.88. The zero-order valence-corrected chi connectivity index (χ0v) is 28.5. The van der Waals surface area contributed by atoms with Crippen molar-refractivity contribution in [3.8, 4) is 11.5 Å². The van der Waals surface area contributed by atoms with Crippen LogP contribution in [0.25, 0.3) is 6.08 Å². The lowest BCUT2D eigenvalue weighted by molar-refractivity contribution is -0.116. The average Bonchev–Trinajstić information content (AvgIpc) is 3.15. The summed E-state index contributed by atoms with van der Waals surface area (Å²) in [6.45, 7) is 1.49. The molecule has 0 fully saturated rings. The van der Waals surface area contributed by atoms with Gasteiger partial charge in [-0.3, -0.25) is 19.2 Å². The molecule has 0 aliphatic carbocycles. The van der Waals surface area contributed by atoms with Gasteiger partial charge in [0.25, 0.3) is 11.8 Å². The first-order valence-electron chi connectivity index (χ1n) is 15.6. The van der Waals surface area contributed by atoms with Gasteiger partial charge in [0.15, 0.2) is 5.78 Å². The highest BCUT2D eigenvalue weighted by Gasteiger charge is 2.23. The smallest absolute Gasteiger partial charge is 0.272 e. The molecular formula is C40H35N3O6S. The van der Waals surface area contributed by atoms with Crippen LogP contribution in [-0.2, 0) is 9.59 Å². The summed E-state index contributed by atoms with van der Waals surface area (Å²) in [5.41, 5.74) is 3.37. The van der Waals surface area contributed by atoms with E-state index in [0.717, 1.165) is 10.5 Å². The molecule has 0 aromatic heterocycles. The summed E-state index contributed by atoms with van der Waals surface area (Å²) in [5.74, 6) is -0.258. The van der Waals surface area contributed by atoms with Crippen LogP contribution >= 0.6 is 11.8 Å². The first-order valence-corrected chi connectivity index (χ1v) is 16.5. The summed E-state index contributed by atoms with van der Waals surface area (Å²) in [6.07, 6.45) is 1.54. The highest BCUT2D eigenvalue weighted by atomic mass is 32.2. The molecule has 0 spiro atoms. The molecule has 0 saturated carbocycles. The van der Waals surface area contributed by atoms with Gasteiger partial charge in [-0.2, -0.15) is 0 Å². The predicted molar refractivity (Wildman–Crippen MR) is 197 cm³/mol. The number of methoxy groups -OCH3 is 2. The summed E-state index contributed by atoms with van der Waals surface area (Å²) < 4.78 is 10.8. The van der Waals surface area contributed by atoms with Crippen LogP contribution in [0.4, 0.5) is 11.4 Å². The molecule has 0 heterocycles. The number of rotatable bonds is 13. The van der Waals surface area contributed by atoms with Crippen molar-refractivity contribution in [1.82, 2.24) is 5.32 Å². The lowest BCUT2D eigenvalue weighted by atomic mass is 10.1. The van der Waals surface area contributed by atoms with Crippen molar-refractivity contribution >= 4 is 52.7 Å². The van der Waals surface area contributed by atoms with E-state index in [4.69, 9.17) is 9.47 Å². The molecule has 0 aliphatic rings. The van der Waals surface area contributed by atoms with E-state index in [1.807, 2.05) is 42.5 Å². The number of nitrogens with one attached hydrogen (secondary N) is 3. The van der Waals surface area contributed by atoms with Gasteiger partial charge >= 0.3 is 0 Å². The highest BCUT2D eigenvalue weighted by Crippen LogP contribution is 2.37. The Morgan fingerprint density at radius 2 is 1.30 bits per heavy atom. The molecule has 0 saturated heterocycles. The Hall–Kier alpha value is -6.13. The lowest BCUT2D eigenvalue weighted by Gasteiger charge is -2.18. The topological polar surface area (TPSA) is 123 Å². The van der Waals surface area contributed by atoms with Gasteiger partial charge < -0.3 is 25.4 Å². The van der Waals surface area contributed by atoms with Crippen molar-refractivity contribution in [3.05, 3.63) is 155 Å². The number of hydrogen-bond acceptors (Lipinski definition) is 7. The molecular weight excluding hydrogens is 651 g/mol. The SMILES string of the molecule is COc1ccc(/C=C(\NC(=O)c2ccccc2)C(=O)Nc2ccc(SC(C(=O)Nc3ccc(C(C)=O)cc3)c3ccccc3)cc2)c(OC)c1. The molecule has 3 amide bonds. The zero-order chi connectivity index (χ0) is 35.5. The lowest BCUT2D eigenvalue weighted by Crippen LogP contribution is -2.30. The third-order valence-electron chi connectivity index (χ3n) is 7.53. The van der Waals surface area contributed by atoms with Crippen LogP contribution in [0.15, 0.2) is 138 Å². The fourth-order valence-corrected chi connectivity index (χ4v) is 5.91. The van der Waals surface area contributed by atoms with Gasteiger partial charge in [0.1, 0.15) is 22.4 Å². The molecule has 5 aromatic rings. The minimum Gasteiger partial charge on any atom is -0.497 e. The molecule has 5 rings (SSSR count). The Kier molecular flexibility index (Phi) is 11.8. The van der Waals surface area contributed by atoms with Crippen LogP contribution in [0.1, 0.15) is 44.0 Å². The van der Waals surface area contributed by atoms with Crippen LogP contribution in [0, 0.1) is 0 Å². The first kappa shape index (κ1) is 35.2. The van der Waals surface area contributed by atoms with Crippen LogP contribution < -0.4 is 25.4 Å². The van der Waals surface area contributed by atoms with Crippen molar-refractivity contribution < 1.29 is 28.7 Å². The molecule has 252 valence electrons. The quantitative estimate of drug-likeness (QED) is 0.0657. The van der Waals surface area contributed by atoms with Gasteiger partial charge in [-0.25, -0.2) is 0 Å². The first-order chi connectivity index (χ1) is 24.2. The summed E-state index contributed by atoms with van der Waals surface area (Å²) in [5, 5.41) is 7.96. The van der Waals surface area contributed by atoms with Gasteiger partial charge in [0.2, 0.25) is 5.91 Å². The number of amides is 3. The monoisotopic (exact) mass is 685 g/mol. The van der Waals surface area contributed by atoms with Gasteiger partial charge in [0.05, 0.1) is 14.2 Å². The second kappa shape index (κ2) is 16.8. The van der Waals surface area contributed by atoms with E-state index in [1.54, 1.807) is 92.0 Å². The number of carbonyl (C=O) groups is 4. The van der Waals surface area contributed by atoms with Gasteiger partial charge in [0, 0.05) is 39.0 Å². The van der Waals surface area contributed by atoms with Crippen LogP contribution in [0.5, 0.6) is 11.5 Å². The third kappa shape index (κ3) is 9.27. The van der Waals surface area contributed by atoms with Gasteiger partial charge in [-0.05, 0) is 91.4 Å². The maximum Gasteiger partial charge on any atom is 0.272 e. The van der Waals surface area contributed by atoms with Crippen LogP contribution in [0.3, 0.4) is 0 Å². The Bertz CT molecular complexity index is 2000. The number of thioether (sulfide) groups is 1. The molecule has 10 heteroatoms. The van der Waals surface area contributed by atoms with Crippen molar-refractivity contribution in [1.29, 1.82) is 0 Å². The van der Waals surface area contributed by atoms with Crippen molar-refractivity contribution in [2.75, 3.05) is 24.9 Å². The second-order valence-electron chi connectivity index (χ2n) is 11.0. The third-order valence-corrected chi connectivity index (χ3v) is 8.80. The Morgan fingerprint density at radius 3 is 1.92 bits per heavy atom. The minimum absolute atomic E-state index is 0.00193. The zero-order valence-electron chi connectivity index (χ0n) is 27.6. The van der Waals surface area contributed by atoms with Crippen molar-refractivity contribution in [2.45, 2.75) is 17.1 Å². The largest absolute Gasteiger partial charge is 0.497 e. The molecule has 0 aliphatic heterocycles. The van der Waals surface area contributed by atoms with E-state index in [1.165, 1.54) is 31.9 Å². The molecule has 0 bridgehead atoms. The Morgan fingerprint density at radius 1 is 0.680 bits per heavy atom. The molecule has 3 N–H and O–H groups in total.